The van der Waals surface area contributed by atoms with Crippen LogP contribution >= 0.6 is 0 Å². The molecule has 5 heteroatoms. The van der Waals surface area contributed by atoms with Crippen molar-refractivity contribution in [1.82, 2.24) is 14.9 Å². The van der Waals surface area contributed by atoms with Crippen LogP contribution in [-0.2, 0) is 6.42 Å². The topological polar surface area (TPSA) is 48.3 Å². The molecule has 0 spiro atoms. The highest BCUT2D eigenvalue weighted by Gasteiger charge is 2.23. The van der Waals surface area contributed by atoms with Crippen LogP contribution in [0.1, 0.15) is 38.6 Å². The number of imidazole rings is 1. The van der Waals surface area contributed by atoms with Crippen molar-refractivity contribution in [3.05, 3.63) is 18.0 Å². The smallest absolute Gasteiger partial charge is 0.163 e. The van der Waals surface area contributed by atoms with E-state index in [0.29, 0.717) is 12.0 Å². The van der Waals surface area contributed by atoms with Crippen molar-refractivity contribution in [1.29, 1.82) is 0 Å². The van der Waals surface area contributed by atoms with Crippen LogP contribution in [0.15, 0.2) is 12.1 Å². The van der Waals surface area contributed by atoms with Crippen LogP contribution in [-0.4, -0.2) is 36.9 Å². The second kappa shape index (κ2) is 6.79. The largest absolute Gasteiger partial charge is 0.493 e. The highest BCUT2D eigenvalue weighted by Crippen LogP contribution is 2.35. The SMILES string of the molecule is COc1cc2nc(CC(C)C)n(C3CCNCC3)c2cc1OC. The van der Waals surface area contributed by atoms with Crippen LogP contribution in [0.3, 0.4) is 0 Å². The highest BCUT2D eigenvalue weighted by molar-refractivity contribution is 5.81. The maximum Gasteiger partial charge on any atom is 0.163 e. The number of ether oxygens (including phenoxy) is 2. The molecule has 0 unspecified atom stereocenters. The zero-order valence-electron chi connectivity index (χ0n) is 14.6. The molecule has 2 heterocycles. The Balaban J connectivity index is 2.15. The number of nitrogens with one attached hydrogen (secondary N) is 1. The molecule has 0 radical (unpaired) electrons. The van der Waals surface area contributed by atoms with E-state index in [0.717, 1.165) is 54.9 Å². The van der Waals surface area contributed by atoms with Gasteiger partial charge < -0.3 is 19.4 Å². The Morgan fingerprint density at radius 1 is 1.17 bits per heavy atom. The number of hydrogen-bond donors (Lipinski definition) is 1. The van der Waals surface area contributed by atoms with E-state index in [1.807, 2.05) is 6.07 Å². The fourth-order valence-corrected chi connectivity index (χ4v) is 3.45. The predicted octanol–water partition coefficient (Wildman–Crippen LogP) is 3.18. The third kappa shape index (κ3) is 3.15. The minimum Gasteiger partial charge on any atom is -0.493 e. The van der Waals surface area contributed by atoms with Crippen molar-refractivity contribution in [2.24, 2.45) is 5.92 Å². The maximum atomic E-state index is 5.50. The molecule has 1 aliphatic rings. The molecule has 0 bridgehead atoms. The number of piperidine rings is 1. The van der Waals surface area contributed by atoms with Gasteiger partial charge in [0.05, 0.1) is 25.3 Å². The molecule has 126 valence electrons. The molecule has 5 nitrogen and oxygen atoms in total. The number of rotatable bonds is 5. The van der Waals surface area contributed by atoms with Gasteiger partial charge in [-0.3, -0.25) is 0 Å². The lowest BCUT2D eigenvalue weighted by molar-refractivity contribution is 0.353. The van der Waals surface area contributed by atoms with Gasteiger partial charge in [0.15, 0.2) is 11.5 Å². The first-order valence-corrected chi connectivity index (χ1v) is 8.47. The summed E-state index contributed by atoms with van der Waals surface area (Å²) in [6, 6.07) is 4.58. The summed E-state index contributed by atoms with van der Waals surface area (Å²) >= 11 is 0. The number of fused-ring (bicyclic) bond motifs is 1. The lowest BCUT2D eigenvalue weighted by atomic mass is 10.0. The zero-order valence-corrected chi connectivity index (χ0v) is 14.6. The van der Waals surface area contributed by atoms with E-state index >= 15 is 0 Å². The molecule has 2 aromatic rings. The number of hydrogen-bond acceptors (Lipinski definition) is 4. The van der Waals surface area contributed by atoms with E-state index < -0.39 is 0 Å². The number of aromatic nitrogens is 2. The van der Waals surface area contributed by atoms with Crippen molar-refractivity contribution in [2.75, 3.05) is 27.3 Å². The summed E-state index contributed by atoms with van der Waals surface area (Å²) in [4.78, 5) is 4.92. The van der Waals surface area contributed by atoms with Crippen molar-refractivity contribution < 1.29 is 9.47 Å². The summed E-state index contributed by atoms with van der Waals surface area (Å²) in [6.45, 7) is 6.62. The molecule has 0 amide bonds. The Labute approximate surface area is 138 Å². The zero-order chi connectivity index (χ0) is 16.4. The summed E-state index contributed by atoms with van der Waals surface area (Å²) in [5, 5.41) is 3.45. The van der Waals surface area contributed by atoms with Crippen LogP contribution < -0.4 is 14.8 Å². The average Bonchev–Trinajstić information content (AvgIpc) is 2.90. The van der Waals surface area contributed by atoms with Gasteiger partial charge in [-0.1, -0.05) is 13.8 Å². The van der Waals surface area contributed by atoms with Crippen molar-refractivity contribution in [3.8, 4) is 11.5 Å². The fraction of sp³-hybridized carbons (Fsp3) is 0.611. The van der Waals surface area contributed by atoms with Crippen LogP contribution in [0.5, 0.6) is 11.5 Å². The van der Waals surface area contributed by atoms with Gasteiger partial charge in [0.1, 0.15) is 5.82 Å². The lowest BCUT2D eigenvalue weighted by Crippen LogP contribution is -2.30. The Bertz CT molecular complexity index is 672. The second-order valence-corrected chi connectivity index (χ2v) is 6.67. The number of methoxy groups -OCH3 is 2. The minimum atomic E-state index is 0.508. The van der Waals surface area contributed by atoms with Crippen LogP contribution in [0, 0.1) is 5.92 Å². The van der Waals surface area contributed by atoms with E-state index in [4.69, 9.17) is 14.5 Å². The van der Waals surface area contributed by atoms with E-state index in [-0.39, 0.29) is 0 Å². The van der Waals surface area contributed by atoms with Gasteiger partial charge in [0, 0.05) is 24.6 Å². The lowest BCUT2D eigenvalue weighted by Gasteiger charge is -2.26. The Morgan fingerprint density at radius 3 is 2.43 bits per heavy atom. The third-order valence-corrected chi connectivity index (χ3v) is 4.53. The van der Waals surface area contributed by atoms with Gasteiger partial charge >= 0.3 is 0 Å². The first-order valence-electron chi connectivity index (χ1n) is 8.47. The van der Waals surface area contributed by atoms with Gasteiger partial charge in [-0.2, -0.15) is 0 Å². The first-order chi connectivity index (χ1) is 11.1. The number of nitrogens with zero attached hydrogens (tertiary/aromatic N) is 2. The van der Waals surface area contributed by atoms with Gasteiger partial charge in [0.25, 0.3) is 0 Å². The monoisotopic (exact) mass is 317 g/mol. The minimum absolute atomic E-state index is 0.508. The predicted molar refractivity (Wildman–Crippen MR) is 92.5 cm³/mol. The molecule has 1 aromatic heterocycles. The summed E-state index contributed by atoms with van der Waals surface area (Å²) in [5.74, 6) is 3.27. The summed E-state index contributed by atoms with van der Waals surface area (Å²) in [7, 11) is 3.35. The summed E-state index contributed by atoms with van der Waals surface area (Å²) in [6.07, 6.45) is 3.28. The van der Waals surface area contributed by atoms with Crippen LogP contribution in [0.25, 0.3) is 11.0 Å². The van der Waals surface area contributed by atoms with Crippen molar-refractivity contribution in [2.45, 2.75) is 39.2 Å². The summed E-state index contributed by atoms with van der Waals surface area (Å²) < 4.78 is 13.4. The molecule has 1 saturated heterocycles. The molecule has 0 atom stereocenters. The Morgan fingerprint density at radius 2 is 1.83 bits per heavy atom. The van der Waals surface area contributed by atoms with Gasteiger partial charge in [-0.15, -0.1) is 0 Å². The van der Waals surface area contributed by atoms with Crippen LogP contribution in [0.2, 0.25) is 0 Å². The molecule has 0 saturated carbocycles. The molecular weight excluding hydrogens is 290 g/mol. The van der Waals surface area contributed by atoms with E-state index in [9.17, 15) is 0 Å². The molecule has 3 rings (SSSR count). The summed E-state index contributed by atoms with van der Waals surface area (Å²) in [5.41, 5.74) is 2.15. The Hall–Kier alpha value is -1.75. The van der Waals surface area contributed by atoms with Crippen molar-refractivity contribution in [3.63, 3.8) is 0 Å². The third-order valence-electron chi connectivity index (χ3n) is 4.53. The van der Waals surface area contributed by atoms with E-state index in [2.05, 4.69) is 29.8 Å². The number of benzene rings is 1. The quantitative estimate of drug-likeness (QED) is 0.920. The molecule has 1 fully saturated rings. The van der Waals surface area contributed by atoms with Gasteiger partial charge in [-0.05, 0) is 31.8 Å². The van der Waals surface area contributed by atoms with Crippen LogP contribution in [0.4, 0.5) is 0 Å². The standard InChI is InChI=1S/C18H27N3O2/c1-12(2)9-18-20-14-10-16(22-3)17(23-4)11-15(14)21(18)13-5-7-19-8-6-13/h10-13,19H,5-9H2,1-4H3. The molecule has 1 aromatic carbocycles. The highest BCUT2D eigenvalue weighted by atomic mass is 16.5. The van der Waals surface area contributed by atoms with Gasteiger partial charge in [-0.25, -0.2) is 4.98 Å². The van der Waals surface area contributed by atoms with Crippen molar-refractivity contribution >= 4 is 11.0 Å². The molecule has 1 N–H and O–H groups in total. The fourth-order valence-electron chi connectivity index (χ4n) is 3.45. The van der Waals surface area contributed by atoms with E-state index in [1.54, 1.807) is 14.2 Å². The molecule has 1 aliphatic heterocycles. The first kappa shape index (κ1) is 16.1. The Kier molecular flexibility index (Phi) is 4.76. The normalized spacial score (nSPS) is 16.2. The second-order valence-electron chi connectivity index (χ2n) is 6.67. The maximum absolute atomic E-state index is 5.50. The van der Waals surface area contributed by atoms with Gasteiger partial charge in [0.2, 0.25) is 0 Å². The molecular formula is C18H27N3O2. The average molecular weight is 317 g/mol. The molecule has 23 heavy (non-hydrogen) atoms. The molecule has 0 aliphatic carbocycles. The van der Waals surface area contributed by atoms with E-state index in [1.165, 1.54) is 5.82 Å².